The highest BCUT2D eigenvalue weighted by atomic mass is 16.5. The molecule has 18 heavy (non-hydrogen) atoms. The van der Waals surface area contributed by atoms with Gasteiger partial charge >= 0.3 is 6.01 Å². The number of aryl methyl sites for hydroxylation is 1. The Bertz CT molecular complexity index is 493. The third-order valence-corrected chi connectivity index (χ3v) is 2.54. The Morgan fingerprint density at radius 3 is 2.50 bits per heavy atom. The lowest BCUT2D eigenvalue weighted by molar-refractivity contribution is 0.284. The van der Waals surface area contributed by atoms with Gasteiger partial charge in [-0.25, -0.2) is 9.97 Å². The number of furan rings is 1. The van der Waals surface area contributed by atoms with Crippen molar-refractivity contribution in [3.05, 3.63) is 41.6 Å². The minimum absolute atomic E-state index is 0.392. The maximum atomic E-state index is 5.54. The van der Waals surface area contributed by atoms with Gasteiger partial charge in [0, 0.05) is 24.5 Å². The van der Waals surface area contributed by atoms with Crippen molar-refractivity contribution >= 4 is 0 Å². The second-order valence-electron chi connectivity index (χ2n) is 4.26. The van der Waals surface area contributed by atoms with Crippen LogP contribution in [0.2, 0.25) is 0 Å². The first kappa shape index (κ1) is 12.6. The summed E-state index contributed by atoms with van der Waals surface area (Å²) in [4.78, 5) is 10.3. The molecule has 0 saturated carbocycles. The van der Waals surface area contributed by atoms with Gasteiger partial charge in [-0.1, -0.05) is 0 Å². The Kier molecular flexibility index (Phi) is 3.94. The molecule has 2 heterocycles. The van der Waals surface area contributed by atoms with Gasteiger partial charge in [0.05, 0.1) is 13.7 Å². The summed E-state index contributed by atoms with van der Waals surface area (Å²) in [7, 11) is 3.59. The molecule has 0 atom stereocenters. The molecular formula is C13H17N3O2. The predicted octanol–water partition coefficient (Wildman–Crippen LogP) is 2.02. The third-order valence-electron chi connectivity index (χ3n) is 2.54. The topological polar surface area (TPSA) is 51.4 Å². The van der Waals surface area contributed by atoms with Crippen LogP contribution in [0.5, 0.6) is 6.01 Å². The van der Waals surface area contributed by atoms with Crippen molar-refractivity contribution < 1.29 is 9.15 Å². The predicted molar refractivity (Wildman–Crippen MR) is 67.2 cm³/mol. The van der Waals surface area contributed by atoms with Crippen molar-refractivity contribution in [2.75, 3.05) is 14.2 Å². The fourth-order valence-corrected chi connectivity index (χ4v) is 1.73. The van der Waals surface area contributed by atoms with E-state index in [0.717, 1.165) is 30.2 Å². The quantitative estimate of drug-likeness (QED) is 0.809. The second kappa shape index (κ2) is 5.64. The third kappa shape index (κ3) is 3.30. The van der Waals surface area contributed by atoms with Gasteiger partial charge in [0.15, 0.2) is 0 Å². The van der Waals surface area contributed by atoms with Crippen LogP contribution in [0.3, 0.4) is 0 Å². The van der Waals surface area contributed by atoms with Crippen LogP contribution in [0.15, 0.2) is 28.9 Å². The molecule has 0 N–H and O–H groups in total. The molecule has 0 aliphatic carbocycles. The van der Waals surface area contributed by atoms with Gasteiger partial charge in [0.1, 0.15) is 11.5 Å². The zero-order valence-electron chi connectivity index (χ0n) is 10.9. The van der Waals surface area contributed by atoms with Crippen LogP contribution in [-0.2, 0) is 13.1 Å². The molecule has 0 saturated heterocycles. The summed E-state index contributed by atoms with van der Waals surface area (Å²) in [6.45, 7) is 3.48. The zero-order valence-corrected chi connectivity index (χ0v) is 10.9. The first-order valence-corrected chi connectivity index (χ1v) is 5.76. The summed E-state index contributed by atoms with van der Waals surface area (Å²) >= 11 is 0. The largest absolute Gasteiger partial charge is 0.467 e. The van der Waals surface area contributed by atoms with Crippen LogP contribution in [0, 0.1) is 6.92 Å². The van der Waals surface area contributed by atoms with Crippen molar-refractivity contribution in [3.63, 3.8) is 0 Å². The maximum Gasteiger partial charge on any atom is 0.316 e. The molecule has 2 aromatic rings. The molecule has 2 rings (SSSR count). The average Bonchev–Trinajstić information content (AvgIpc) is 2.75. The Morgan fingerprint density at radius 2 is 1.94 bits per heavy atom. The SMILES string of the molecule is COc1ncc(CN(C)Cc2ccc(C)o2)cn1. The molecule has 0 aromatic carbocycles. The first-order valence-electron chi connectivity index (χ1n) is 5.76. The Hall–Kier alpha value is -1.88. The first-order chi connectivity index (χ1) is 8.67. The van der Waals surface area contributed by atoms with Crippen molar-refractivity contribution in [1.82, 2.24) is 14.9 Å². The van der Waals surface area contributed by atoms with Crippen LogP contribution in [0.4, 0.5) is 0 Å². The molecule has 2 aromatic heterocycles. The molecule has 0 spiro atoms. The molecular weight excluding hydrogens is 230 g/mol. The lowest BCUT2D eigenvalue weighted by atomic mass is 10.3. The number of hydrogen-bond acceptors (Lipinski definition) is 5. The highest BCUT2D eigenvalue weighted by molar-refractivity contribution is 5.08. The number of rotatable bonds is 5. The van der Waals surface area contributed by atoms with Gasteiger partial charge in [-0.05, 0) is 26.1 Å². The van der Waals surface area contributed by atoms with Crippen molar-refractivity contribution in [3.8, 4) is 6.01 Å². The van der Waals surface area contributed by atoms with Gasteiger partial charge in [-0.3, -0.25) is 4.90 Å². The van der Waals surface area contributed by atoms with E-state index in [1.807, 2.05) is 26.1 Å². The Labute approximate surface area is 106 Å². The molecule has 0 radical (unpaired) electrons. The van der Waals surface area contributed by atoms with E-state index in [4.69, 9.17) is 9.15 Å². The highest BCUT2D eigenvalue weighted by Crippen LogP contribution is 2.11. The normalized spacial score (nSPS) is 10.9. The molecule has 96 valence electrons. The van der Waals surface area contributed by atoms with E-state index in [0.29, 0.717) is 6.01 Å². The molecule has 5 heteroatoms. The Morgan fingerprint density at radius 1 is 1.22 bits per heavy atom. The lowest BCUT2D eigenvalue weighted by Crippen LogP contribution is -2.17. The van der Waals surface area contributed by atoms with E-state index in [2.05, 4.69) is 14.9 Å². The van der Waals surface area contributed by atoms with E-state index in [9.17, 15) is 0 Å². The van der Waals surface area contributed by atoms with Crippen LogP contribution in [0.25, 0.3) is 0 Å². The second-order valence-corrected chi connectivity index (χ2v) is 4.26. The molecule has 0 aliphatic rings. The highest BCUT2D eigenvalue weighted by Gasteiger charge is 2.06. The zero-order chi connectivity index (χ0) is 13.0. The van der Waals surface area contributed by atoms with Crippen LogP contribution in [0.1, 0.15) is 17.1 Å². The van der Waals surface area contributed by atoms with Gasteiger partial charge in [0.2, 0.25) is 0 Å². The van der Waals surface area contributed by atoms with E-state index in [1.165, 1.54) is 0 Å². The number of ether oxygens (including phenoxy) is 1. The fourth-order valence-electron chi connectivity index (χ4n) is 1.73. The molecule has 0 unspecified atom stereocenters. The van der Waals surface area contributed by atoms with Crippen molar-refractivity contribution in [1.29, 1.82) is 0 Å². The molecule has 0 fully saturated rings. The van der Waals surface area contributed by atoms with Gasteiger partial charge in [-0.15, -0.1) is 0 Å². The van der Waals surface area contributed by atoms with Crippen molar-refractivity contribution in [2.45, 2.75) is 20.0 Å². The standard InChI is InChI=1S/C13H17N3O2/c1-10-4-5-12(18-10)9-16(2)8-11-6-14-13(17-3)15-7-11/h4-7H,8-9H2,1-3H3. The lowest BCUT2D eigenvalue weighted by Gasteiger charge is -2.14. The summed E-state index contributed by atoms with van der Waals surface area (Å²) in [5, 5.41) is 0. The number of methoxy groups -OCH3 is 1. The average molecular weight is 247 g/mol. The summed E-state index contributed by atoms with van der Waals surface area (Å²) in [6.07, 6.45) is 3.55. The van der Waals surface area contributed by atoms with E-state index < -0.39 is 0 Å². The molecule has 0 bridgehead atoms. The van der Waals surface area contributed by atoms with E-state index >= 15 is 0 Å². The summed E-state index contributed by atoms with van der Waals surface area (Å²) in [6, 6.07) is 4.36. The van der Waals surface area contributed by atoms with E-state index in [-0.39, 0.29) is 0 Å². The monoisotopic (exact) mass is 247 g/mol. The number of aromatic nitrogens is 2. The van der Waals surface area contributed by atoms with Crippen molar-refractivity contribution in [2.24, 2.45) is 0 Å². The Balaban J connectivity index is 1.91. The summed E-state index contributed by atoms with van der Waals surface area (Å²) < 4.78 is 10.5. The molecule has 0 aliphatic heterocycles. The van der Waals surface area contributed by atoms with Crippen LogP contribution in [-0.4, -0.2) is 29.0 Å². The summed E-state index contributed by atoms with van der Waals surface area (Å²) in [5.41, 5.74) is 1.04. The minimum Gasteiger partial charge on any atom is -0.467 e. The molecule has 5 nitrogen and oxygen atoms in total. The van der Waals surface area contributed by atoms with Gasteiger partial charge < -0.3 is 9.15 Å². The van der Waals surface area contributed by atoms with Crippen LogP contribution >= 0.6 is 0 Å². The van der Waals surface area contributed by atoms with E-state index in [1.54, 1.807) is 19.5 Å². The smallest absolute Gasteiger partial charge is 0.316 e. The number of hydrogen-bond donors (Lipinski definition) is 0. The van der Waals surface area contributed by atoms with Gasteiger partial charge in [-0.2, -0.15) is 0 Å². The van der Waals surface area contributed by atoms with Crippen LogP contribution < -0.4 is 4.74 Å². The number of nitrogens with zero attached hydrogens (tertiary/aromatic N) is 3. The summed E-state index contributed by atoms with van der Waals surface area (Å²) in [5.74, 6) is 1.90. The van der Waals surface area contributed by atoms with Gasteiger partial charge in [0.25, 0.3) is 0 Å². The minimum atomic E-state index is 0.392. The fraction of sp³-hybridized carbons (Fsp3) is 0.385. The maximum absolute atomic E-state index is 5.54. The molecule has 0 amide bonds.